The smallest absolute Gasteiger partial charge is 0.257 e. The number of tetrazole rings is 1. The number of carbonyl (C=O) groups is 2. The number of benzene rings is 2. The van der Waals surface area contributed by atoms with Crippen LogP contribution in [0.1, 0.15) is 54.4 Å². The van der Waals surface area contributed by atoms with E-state index >= 15 is 0 Å². The molecule has 2 aromatic carbocycles. The molecule has 0 aliphatic carbocycles. The van der Waals surface area contributed by atoms with Gasteiger partial charge in [0.1, 0.15) is 11.4 Å². The molecular weight excluding hydrogens is 463 g/mol. The lowest BCUT2D eigenvalue weighted by molar-refractivity contribution is -0.124. The first-order valence-electron chi connectivity index (χ1n) is 10.9. The van der Waals surface area contributed by atoms with Crippen LogP contribution in [0.15, 0.2) is 42.5 Å². The molecule has 1 unspecified atom stereocenters. The minimum atomic E-state index is -1.27. The molecule has 1 atom stereocenters. The molecule has 8 nitrogen and oxygen atoms in total. The van der Waals surface area contributed by atoms with Gasteiger partial charge < -0.3 is 10.2 Å². The van der Waals surface area contributed by atoms with Crippen molar-refractivity contribution in [1.29, 1.82) is 0 Å². The number of carbonyl (C=O) groups excluding carboxylic acids is 2. The third kappa shape index (κ3) is 4.58. The topological polar surface area (TPSA) is 104 Å². The molecule has 172 valence electrons. The fourth-order valence-corrected chi connectivity index (χ4v) is 4.48. The van der Waals surface area contributed by atoms with Gasteiger partial charge in [-0.3, -0.25) is 9.59 Å². The molecule has 0 radical (unpaired) electrons. The zero-order chi connectivity index (χ0) is 23.4. The van der Waals surface area contributed by atoms with Crippen molar-refractivity contribution in [2.24, 2.45) is 0 Å². The number of H-pyrrole nitrogens is 1. The molecule has 3 aromatic rings. The summed E-state index contributed by atoms with van der Waals surface area (Å²) in [7, 11) is 0. The van der Waals surface area contributed by atoms with E-state index in [-0.39, 0.29) is 17.4 Å². The summed E-state index contributed by atoms with van der Waals surface area (Å²) >= 11 is 12.1. The number of anilines is 1. The van der Waals surface area contributed by atoms with Crippen LogP contribution >= 0.6 is 23.2 Å². The zero-order valence-corrected chi connectivity index (χ0v) is 19.7. The van der Waals surface area contributed by atoms with E-state index in [0.29, 0.717) is 29.4 Å². The van der Waals surface area contributed by atoms with Crippen molar-refractivity contribution in [2.45, 2.75) is 44.6 Å². The lowest BCUT2D eigenvalue weighted by Crippen LogP contribution is -2.53. The lowest BCUT2D eigenvalue weighted by Gasteiger charge is -2.30. The lowest BCUT2D eigenvalue weighted by atomic mass is 9.86. The summed E-state index contributed by atoms with van der Waals surface area (Å²) in [6.45, 7) is 2.70. The Labute approximate surface area is 201 Å². The molecule has 2 heterocycles. The average molecular weight is 487 g/mol. The number of aryl methyl sites for hydroxylation is 1. The number of nitrogens with zero attached hydrogens (tertiary/aromatic N) is 4. The van der Waals surface area contributed by atoms with E-state index in [4.69, 9.17) is 23.2 Å². The Kier molecular flexibility index (Phi) is 6.95. The van der Waals surface area contributed by atoms with E-state index in [2.05, 4.69) is 32.9 Å². The van der Waals surface area contributed by atoms with Crippen molar-refractivity contribution in [3.05, 3.63) is 69.5 Å². The Morgan fingerprint density at radius 2 is 1.97 bits per heavy atom. The number of unbranched alkanes of at least 4 members (excludes halogenated alkanes) is 2. The molecule has 0 saturated carbocycles. The Bertz CT molecular complexity index is 1150. The number of hydrogen-bond donors (Lipinski definition) is 2. The van der Waals surface area contributed by atoms with Crippen molar-refractivity contribution in [3.8, 4) is 0 Å². The second-order valence-corrected chi connectivity index (χ2v) is 8.83. The molecule has 1 aliphatic rings. The van der Waals surface area contributed by atoms with E-state index in [0.717, 1.165) is 30.5 Å². The van der Waals surface area contributed by atoms with Gasteiger partial charge >= 0.3 is 0 Å². The van der Waals surface area contributed by atoms with Gasteiger partial charge in [0.15, 0.2) is 0 Å². The Morgan fingerprint density at radius 1 is 1.15 bits per heavy atom. The molecule has 33 heavy (non-hydrogen) atoms. The van der Waals surface area contributed by atoms with Crippen molar-refractivity contribution >= 4 is 40.7 Å². The summed E-state index contributed by atoms with van der Waals surface area (Å²) in [6.07, 6.45) is 3.59. The van der Waals surface area contributed by atoms with Gasteiger partial charge in [0.25, 0.3) is 11.8 Å². The highest BCUT2D eigenvalue weighted by atomic mass is 35.5. The van der Waals surface area contributed by atoms with E-state index in [9.17, 15) is 9.59 Å². The Balaban J connectivity index is 1.72. The van der Waals surface area contributed by atoms with Crippen LogP contribution in [0.5, 0.6) is 0 Å². The third-order valence-corrected chi connectivity index (χ3v) is 6.62. The summed E-state index contributed by atoms with van der Waals surface area (Å²) in [5.74, 6) is -0.0450. The number of para-hydroxylation sites is 1. The van der Waals surface area contributed by atoms with E-state index in [1.807, 2.05) is 24.3 Å². The number of fused-ring (bicyclic) bond motifs is 1. The second-order valence-electron chi connectivity index (χ2n) is 8.02. The minimum Gasteiger partial charge on any atom is -0.334 e. The van der Waals surface area contributed by atoms with Gasteiger partial charge in [-0.1, -0.05) is 61.2 Å². The van der Waals surface area contributed by atoms with Crippen molar-refractivity contribution in [2.75, 3.05) is 11.4 Å². The van der Waals surface area contributed by atoms with Crippen LogP contribution in [0.2, 0.25) is 10.0 Å². The number of halogens is 2. The summed E-state index contributed by atoms with van der Waals surface area (Å²) in [5.41, 5.74) is 0.620. The normalized spacial score (nSPS) is 17.3. The Morgan fingerprint density at radius 3 is 2.70 bits per heavy atom. The van der Waals surface area contributed by atoms with Crippen LogP contribution < -0.4 is 10.2 Å². The number of aromatic nitrogens is 4. The maximum atomic E-state index is 13.9. The van der Waals surface area contributed by atoms with Crippen molar-refractivity contribution < 1.29 is 9.59 Å². The quantitative estimate of drug-likeness (QED) is 0.438. The van der Waals surface area contributed by atoms with Crippen LogP contribution in [0.4, 0.5) is 5.69 Å². The van der Waals surface area contributed by atoms with Gasteiger partial charge in [-0.15, -0.1) is 5.10 Å². The minimum absolute atomic E-state index is 0.166. The van der Waals surface area contributed by atoms with Gasteiger partial charge in [0.2, 0.25) is 0 Å². The van der Waals surface area contributed by atoms with Gasteiger partial charge in [0, 0.05) is 29.8 Å². The summed E-state index contributed by atoms with van der Waals surface area (Å²) < 4.78 is 0. The van der Waals surface area contributed by atoms with Crippen LogP contribution in [-0.2, 0) is 16.8 Å². The predicted molar refractivity (Wildman–Crippen MR) is 126 cm³/mol. The first-order valence-corrected chi connectivity index (χ1v) is 11.6. The summed E-state index contributed by atoms with van der Waals surface area (Å²) in [6, 6.07) is 12.2. The first kappa shape index (κ1) is 23.2. The van der Waals surface area contributed by atoms with E-state index < -0.39 is 11.4 Å². The SMILES string of the molecule is CCCCCN1C(=O)C(CCc2nnn[nH]2)(NC(=O)c2ccc(Cl)c(Cl)c2)c2ccccc21. The second kappa shape index (κ2) is 9.89. The fraction of sp³-hybridized carbons (Fsp3) is 0.348. The largest absolute Gasteiger partial charge is 0.334 e. The van der Waals surface area contributed by atoms with E-state index in [1.54, 1.807) is 17.0 Å². The Hall–Kier alpha value is -2.97. The third-order valence-electron chi connectivity index (χ3n) is 5.88. The number of nitrogens with one attached hydrogen (secondary N) is 2. The molecule has 2 amide bonds. The number of aromatic amines is 1. The highest BCUT2D eigenvalue weighted by molar-refractivity contribution is 6.42. The fourth-order valence-electron chi connectivity index (χ4n) is 4.19. The molecule has 0 spiro atoms. The first-order chi connectivity index (χ1) is 16.0. The maximum absolute atomic E-state index is 13.9. The van der Waals surface area contributed by atoms with Gasteiger partial charge in [-0.25, -0.2) is 5.10 Å². The molecular formula is C23H24Cl2N6O2. The van der Waals surface area contributed by atoms with Crippen molar-refractivity contribution in [3.63, 3.8) is 0 Å². The molecule has 2 N–H and O–H groups in total. The average Bonchev–Trinajstić information content (AvgIpc) is 3.41. The summed E-state index contributed by atoms with van der Waals surface area (Å²) in [5, 5.41) is 17.5. The molecule has 10 heteroatoms. The number of rotatable bonds is 9. The highest BCUT2D eigenvalue weighted by Crippen LogP contribution is 2.43. The number of amides is 2. The van der Waals surface area contributed by atoms with Crippen molar-refractivity contribution in [1.82, 2.24) is 25.9 Å². The van der Waals surface area contributed by atoms with Gasteiger partial charge in [-0.2, -0.15) is 0 Å². The standard InChI is InChI=1S/C23H24Cl2N6O2/c1-2-3-6-13-31-19-8-5-4-7-16(19)23(22(31)33,12-11-20-27-29-30-28-20)26-21(32)15-9-10-17(24)18(25)14-15/h4-5,7-10,14H,2-3,6,11-13H2,1H3,(H,26,32)(H,27,28,29,30). The van der Waals surface area contributed by atoms with E-state index in [1.165, 1.54) is 6.07 Å². The van der Waals surface area contributed by atoms with Crippen LogP contribution in [0, 0.1) is 0 Å². The van der Waals surface area contributed by atoms with Crippen LogP contribution in [0.25, 0.3) is 0 Å². The molecule has 4 rings (SSSR count). The molecule has 0 saturated heterocycles. The molecule has 0 bridgehead atoms. The number of hydrogen-bond acceptors (Lipinski definition) is 5. The van der Waals surface area contributed by atoms with Crippen LogP contribution in [-0.4, -0.2) is 39.0 Å². The molecule has 0 fully saturated rings. The van der Waals surface area contributed by atoms with Crippen LogP contribution in [0.3, 0.4) is 0 Å². The highest BCUT2D eigenvalue weighted by Gasteiger charge is 2.51. The molecule has 1 aromatic heterocycles. The monoisotopic (exact) mass is 486 g/mol. The maximum Gasteiger partial charge on any atom is 0.257 e. The zero-order valence-electron chi connectivity index (χ0n) is 18.1. The van der Waals surface area contributed by atoms with Gasteiger partial charge in [0.05, 0.1) is 10.0 Å². The predicted octanol–water partition coefficient (Wildman–Crippen LogP) is 4.30. The van der Waals surface area contributed by atoms with Gasteiger partial charge in [-0.05, 0) is 47.5 Å². The summed E-state index contributed by atoms with van der Waals surface area (Å²) in [4.78, 5) is 29.0. The molecule has 1 aliphatic heterocycles.